The summed E-state index contributed by atoms with van der Waals surface area (Å²) < 4.78 is 48.5. The molecule has 0 saturated carbocycles. The van der Waals surface area contributed by atoms with Gasteiger partial charge in [-0.15, -0.1) is 0 Å². The molecule has 0 fully saturated rings. The Hall–Kier alpha value is -3.24. The number of nitrogens with zero attached hydrogens (tertiary/aromatic N) is 2. The summed E-state index contributed by atoms with van der Waals surface area (Å²) in [5, 5.41) is 7.24. The Balaban J connectivity index is 1.85. The minimum Gasteiger partial charge on any atom is -0.495 e. The normalized spacial score (nSPS) is 12.9. The smallest absolute Gasteiger partial charge is 0.251 e. The van der Waals surface area contributed by atoms with Gasteiger partial charge in [-0.2, -0.15) is 5.10 Å². The highest BCUT2D eigenvalue weighted by Crippen LogP contribution is 2.27. The molecule has 1 atom stereocenters. The first-order valence-electron chi connectivity index (χ1n) is 10.7. The van der Waals surface area contributed by atoms with E-state index in [2.05, 4.69) is 15.1 Å². The van der Waals surface area contributed by atoms with E-state index in [0.29, 0.717) is 5.69 Å². The Bertz CT molecular complexity index is 1300. The molecule has 0 aliphatic heterocycles. The van der Waals surface area contributed by atoms with Crippen molar-refractivity contribution in [3.63, 3.8) is 0 Å². The first-order valence-corrected chi connectivity index (χ1v) is 12.1. The molecule has 0 bridgehead atoms. The van der Waals surface area contributed by atoms with Crippen LogP contribution < -0.4 is 14.8 Å². The highest BCUT2D eigenvalue weighted by atomic mass is 32.2. The lowest BCUT2D eigenvalue weighted by Gasteiger charge is -2.21. The lowest BCUT2D eigenvalue weighted by atomic mass is 10.1. The topological polar surface area (TPSA) is 102 Å². The van der Waals surface area contributed by atoms with Gasteiger partial charge in [-0.1, -0.05) is 0 Å². The van der Waals surface area contributed by atoms with Crippen molar-refractivity contribution in [2.75, 3.05) is 7.11 Å². The van der Waals surface area contributed by atoms with Crippen LogP contribution in [0.15, 0.2) is 53.6 Å². The summed E-state index contributed by atoms with van der Waals surface area (Å²) in [7, 11) is -2.56. The summed E-state index contributed by atoms with van der Waals surface area (Å²) in [6, 6.07) is 9.78. The number of sulfonamides is 1. The summed E-state index contributed by atoms with van der Waals surface area (Å²) >= 11 is 0. The van der Waals surface area contributed by atoms with Crippen LogP contribution in [0.2, 0.25) is 0 Å². The van der Waals surface area contributed by atoms with E-state index in [1.165, 1.54) is 37.4 Å². The van der Waals surface area contributed by atoms with E-state index in [-0.39, 0.29) is 22.0 Å². The molecule has 1 unspecified atom stereocenters. The first-order chi connectivity index (χ1) is 15.8. The van der Waals surface area contributed by atoms with E-state index in [1.807, 2.05) is 6.92 Å². The molecule has 0 aliphatic rings. The summed E-state index contributed by atoms with van der Waals surface area (Å²) in [4.78, 5) is 12.9. The fraction of sp³-hybridized carbons (Fsp3) is 0.333. The van der Waals surface area contributed by atoms with Crippen molar-refractivity contribution in [3.05, 3.63) is 71.3 Å². The van der Waals surface area contributed by atoms with Gasteiger partial charge in [0.2, 0.25) is 10.0 Å². The zero-order chi connectivity index (χ0) is 25.3. The van der Waals surface area contributed by atoms with Crippen LogP contribution in [0.1, 0.15) is 55.4 Å². The van der Waals surface area contributed by atoms with E-state index >= 15 is 0 Å². The molecule has 182 valence electrons. The van der Waals surface area contributed by atoms with Crippen molar-refractivity contribution in [2.45, 2.75) is 51.1 Å². The van der Waals surface area contributed by atoms with Crippen molar-refractivity contribution in [2.24, 2.45) is 0 Å². The lowest BCUT2D eigenvalue weighted by molar-refractivity contribution is 0.0939. The standard InChI is InChI=1S/C24H29FN4O4S/c1-15(20-14-26-29(16(20)2)19-10-8-18(25)9-11-19)27-23(30)17-7-12-21(33-6)22(13-17)34(31,32)28-24(3,4)5/h7-15,28H,1-6H3,(H,27,30). The second kappa shape index (κ2) is 9.55. The predicted octanol–water partition coefficient (Wildman–Crippen LogP) is 3.90. The molecule has 2 N–H and O–H groups in total. The third-order valence-electron chi connectivity index (χ3n) is 5.09. The van der Waals surface area contributed by atoms with E-state index in [4.69, 9.17) is 4.74 Å². The van der Waals surface area contributed by atoms with Gasteiger partial charge < -0.3 is 10.1 Å². The van der Waals surface area contributed by atoms with Gasteiger partial charge >= 0.3 is 0 Å². The van der Waals surface area contributed by atoms with Crippen LogP contribution in [0, 0.1) is 12.7 Å². The molecule has 0 spiro atoms. The predicted molar refractivity (Wildman–Crippen MR) is 127 cm³/mol. The average molecular weight is 489 g/mol. The van der Waals surface area contributed by atoms with Gasteiger partial charge in [0.1, 0.15) is 16.5 Å². The largest absolute Gasteiger partial charge is 0.495 e. The molecule has 2 aromatic carbocycles. The summed E-state index contributed by atoms with van der Waals surface area (Å²) in [5.41, 5.74) is 1.71. The Morgan fingerprint density at radius 1 is 1.15 bits per heavy atom. The third-order valence-corrected chi connectivity index (χ3v) is 6.87. The fourth-order valence-electron chi connectivity index (χ4n) is 3.53. The summed E-state index contributed by atoms with van der Waals surface area (Å²) in [5.74, 6) is -0.651. The molecule has 3 rings (SSSR count). The maximum atomic E-state index is 13.2. The summed E-state index contributed by atoms with van der Waals surface area (Å²) in [6.45, 7) is 8.83. The van der Waals surface area contributed by atoms with Crippen LogP contribution in [0.25, 0.3) is 5.69 Å². The Labute approximate surface area is 199 Å². The number of carbonyl (C=O) groups is 1. The van der Waals surface area contributed by atoms with E-state index in [1.54, 1.807) is 50.7 Å². The Morgan fingerprint density at radius 2 is 1.79 bits per heavy atom. The zero-order valence-electron chi connectivity index (χ0n) is 20.0. The van der Waals surface area contributed by atoms with Gasteiger partial charge in [-0.25, -0.2) is 22.2 Å². The molecule has 0 saturated heterocycles. The van der Waals surface area contributed by atoms with Crippen LogP contribution >= 0.6 is 0 Å². The number of aromatic nitrogens is 2. The van der Waals surface area contributed by atoms with Crippen LogP contribution in [-0.2, 0) is 10.0 Å². The van der Waals surface area contributed by atoms with Crippen molar-refractivity contribution in [1.29, 1.82) is 0 Å². The number of carbonyl (C=O) groups excluding carboxylic acids is 1. The summed E-state index contributed by atoms with van der Waals surface area (Å²) in [6.07, 6.45) is 1.64. The fourth-order valence-corrected chi connectivity index (χ4v) is 5.15. The number of ether oxygens (including phenoxy) is 1. The maximum Gasteiger partial charge on any atom is 0.251 e. The molecule has 8 nitrogen and oxygen atoms in total. The second-order valence-corrected chi connectivity index (χ2v) is 10.6. The van der Waals surface area contributed by atoms with Gasteiger partial charge in [-0.3, -0.25) is 4.79 Å². The van der Waals surface area contributed by atoms with Gasteiger partial charge in [0.05, 0.1) is 25.0 Å². The van der Waals surface area contributed by atoms with Gasteiger partial charge in [0.15, 0.2) is 0 Å². The number of amides is 1. The first kappa shape index (κ1) is 25.4. The number of hydrogen-bond donors (Lipinski definition) is 2. The second-order valence-electron chi connectivity index (χ2n) is 8.99. The van der Waals surface area contributed by atoms with Crippen molar-refractivity contribution < 1.29 is 22.3 Å². The van der Waals surface area contributed by atoms with Crippen LogP contribution in [0.4, 0.5) is 4.39 Å². The van der Waals surface area contributed by atoms with Crippen LogP contribution in [-0.4, -0.2) is 36.8 Å². The molecule has 34 heavy (non-hydrogen) atoms. The van der Waals surface area contributed by atoms with Crippen LogP contribution in [0.5, 0.6) is 5.75 Å². The number of halogens is 1. The number of benzene rings is 2. The minimum absolute atomic E-state index is 0.120. The van der Waals surface area contributed by atoms with Crippen LogP contribution in [0.3, 0.4) is 0 Å². The minimum atomic E-state index is -3.93. The molecule has 3 aromatic rings. The van der Waals surface area contributed by atoms with Gasteiger partial charge in [0, 0.05) is 22.4 Å². The quantitative estimate of drug-likeness (QED) is 0.525. The SMILES string of the molecule is COc1ccc(C(=O)NC(C)c2cnn(-c3ccc(F)cc3)c2C)cc1S(=O)(=O)NC(C)(C)C. The Morgan fingerprint density at radius 3 is 2.38 bits per heavy atom. The van der Waals surface area contributed by atoms with Gasteiger partial charge in [0.25, 0.3) is 5.91 Å². The average Bonchev–Trinajstić information content (AvgIpc) is 3.13. The molecular weight excluding hydrogens is 459 g/mol. The van der Waals surface area contributed by atoms with Crippen molar-refractivity contribution in [3.8, 4) is 11.4 Å². The monoisotopic (exact) mass is 488 g/mol. The lowest BCUT2D eigenvalue weighted by Crippen LogP contribution is -2.40. The highest BCUT2D eigenvalue weighted by molar-refractivity contribution is 7.89. The molecule has 10 heteroatoms. The van der Waals surface area contributed by atoms with E-state index < -0.39 is 27.5 Å². The van der Waals surface area contributed by atoms with Gasteiger partial charge in [-0.05, 0) is 77.1 Å². The number of hydrogen-bond acceptors (Lipinski definition) is 5. The third kappa shape index (κ3) is 5.63. The van der Waals surface area contributed by atoms with E-state index in [0.717, 1.165) is 11.3 Å². The zero-order valence-corrected chi connectivity index (χ0v) is 20.8. The molecule has 1 amide bonds. The number of methoxy groups -OCH3 is 1. The Kier molecular flexibility index (Phi) is 7.13. The highest BCUT2D eigenvalue weighted by Gasteiger charge is 2.27. The molecule has 1 aromatic heterocycles. The van der Waals surface area contributed by atoms with Crippen molar-refractivity contribution in [1.82, 2.24) is 19.8 Å². The van der Waals surface area contributed by atoms with Crippen molar-refractivity contribution >= 4 is 15.9 Å². The van der Waals surface area contributed by atoms with E-state index in [9.17, 15) is 17.6 Å². The number of rotatable bonds is 7. The maximum absolute atomic E-state index is 13.2. The molecular formula is C24H29FN4O4S. The molecule has 0 radical (unpaired) electrons. The molecule has 0 aliphatic carbocycles. The number of nitrogens with one attached hydrogen (secondary N) is 2. The molecule has 1 heterocycles.